The number of nitrogens with two attached hydrogens (primary N) is 1. The fraction of sp³-hybridized carbons (Fsp3) is 0.0714. The van der Waals surface area contributed by atoms with E-state index in [9.17, 15) is 13.2 Å². The summed E-state index contributed by atoms with van der Waals surface area (Å²) < 4.78 is 39.4. The van der Waals surface area contributed by atoms with Crippen molar-refractivity contribution in [3.05, 3.63) is 47.0 Å². The first kappa shape index (κ1) is 15.5. The van der Waals surface area contributed by atoms with Crippen molar-refractivity contribution in [1.82, 2.24) is 4.98 Å². The Bertz CT molecular complexity index is 846. The minimum atomic E-state index is -4.37. The van der Waals surface area contributed by atoms with Crippen LogP contribution >= 0.6 is 34.7 Å². The minimum absolute atomic E-state index is 0.328. The van der Waals surface area contributed by atoms with Gasteiger partial charge in [0.05, 0.1) is 20.8 Å². The maximum absolute atomic E-state index is 12.7. The number of nitrogens with zero attached hydrogens (tertiary/aromatic N) is 1. The largest absolute Gasteiger partial charge is 0.416 e. The summed E-state index contributed by atoms with van der Waals surface area (Å²) in [5.74, 6) is 0. The molecular formula is C14H8ClF3N2S2. The Hall–Kier alpha value is -1.44. The third kappa shape index (κ3) is 3.16. The Morgan fingerprint density at radius 1 is 1.14 bits per heavy atom. The summed E-state index contributed by atoms with van der Waals surface area (Å²) in [4.78, 5) is 4.99. The van der Waals surface area contributed by atoms with Gasteiger partial charge in [-0.2, -0.15) is 13.2 Å². The van der Waals surface area contributed by atoms with Crippen molar-refractivity contribution < 1.29 is 13.2 Å². The standard InChI is InChI=1S/C14H8ClF3N2S2/c15-9-6-8(19)2-4-11(9)21-13-20-10-5-7(14(16,17)18)1-3-12(10)22-13/h1-6H,19H2. The van der Waals surface area contributed by atoms with E-state index in [1.165, 1.54) is 29.2 Å². The number of aromatic nitrogens is 1. The summed E-state index contributed by atoms with van der Waals surface area (Å²) in [6.07, 6.45) is -4.37. The van der Waals surface area contributed by atoms with Crippen LogP contribution in [0.4, 0.5) is 18.9 Å². The molecular weight excluding hydrogens is 353 g/mol. The number of rotatable bonds is 2. The molecule has 114 valence electrons. The van der Waals surface area contributed by atoms with Gasteiger partial charge in [-0.15, -0.1) is 11.3 Å². The van der Waals surface area contributed by atoms with Gasteiger partial charge < -0.3 is 5.73 Å². The number of alkyl halides is 3. The van der Waals surface area contributed by atoms with Gasteiger partial charge in [-0.25, -0.2) is 4.98 Å². The van der Waals surface area contributed by atoms with E-state index in [4.69, 9.17) is 17.3 Å². The molecule has 8 heteroatoms. The summed E-state index contributed by atoms with van der Waals surface area (Å²) in [6, 6.07) is 8.65. The van der Waals surface area contributed by atoms with Crippen LogP contribution in [0.25, 0.3) is 10.2 Å². The minimum Gasteiger partial charge on any atom is -0.399 e. The fourth-order valence-electron chi connectivity index (χ4n) is 1.82. The summed E-state index contributed by atoms with van der Waals surface area (Å²) >= 11 is 8.71. The lowest BCUT2D eigenvalue weighted by Gasteiger charge is -2.04. The maximum atomic E-state index is 12.7. The molecule has 0 saturated carbocycles. The molecule has 2 aromatic carbocycles. The van der Waals surface area contributed by atoms with E-state index in [2.05, 4.69) is 4.98 Å². The highest BCUT2D eigenvalue weighted by molar-refractivity contribution is 8.01. The van der Waals surface area contributed by atoms with Crippen molar-refractivity contribution in [2.75, 3.05) is 5.73 Å². The lowest BCUT2D eigenvalue weighted by Crippen LogP contribution is -2.03. The Labute approximate surface area is 137 Å². The van der Waals surface area contributed by atoms with Crippen molar-refractivity contribution in [1.29, 1.82) is 0 Å². The van der Waals surface area contributed by atoms with Gasteiger partial charge in [-0.3, -0.25) is 0 Å². The zero-order chi connectivity index (χ0) is 15.9. The smallest absolute Gasteiger partial charge is 0.399 e. The summed E-state index contributed by atoms with van der Waals surface area (Å²) in [5, 5.41) is 0.486. The fourth-order valence-corrected chi connectivity index (χ4v) is 4.13. The van der Waals surface area contributed by atoms with Crippen molar-refractivity contribution >= 4 is 50.6 Å². The molecule has 2 nitrogen and oxygen atoms in total. The number of anilines is 1. The normalized spacial score (nSPS) is 12.0. The van der Waals surface area contributed by atoms with Gasteiger partial charge in [0.2, 0.25) is 0 Å². The van der Waals surface area contributed by atoms with Gasteiger partial charge >= 0.3 is 6.18 Å². The molecule has 0 bridgehead atoms. The van der Waals surface area contributed by atoms with E-state index < -0.39 is 11.7 Å². The van der Waals surface area contributed by atoms with Crippen molar-refractivity contribution in [2.45, 2.75) is 15.4 Å². The number of hydrogen-bond donors (Lipinski definition) is 1. The molecule has 0 aliphatic rings. The first-order valence-corrected chi connectivity index (χ1v) is 8.05. The Morgan fingerprint density at radius 3 is 2.59 bits per heavy atom. The maximum Gasteiger partial charge on any atom is 0.416 e. The first-order valence-electron chi connectivity index (χ1n) is 6.03. The molecule has 1 heterocycles. The molecule has 22 heavy (non-hydrogen) atoms. The number of hydrogen-bond acceptors (Lipinski definition) is 4. The number of nitrogen functional groups attached to an aromatic ring is 1. The average Bonchev–Trinajstić information content (AvgIpc) is 2.82. The zero-order valence-corrected chi connectivity index (χ0v) is 13.2. The quantitative estimate of drug-likeness (QED) is 0.595. The number of halogens is 4. The van der Waals surface area contributed by atoms with Crippen molar-refractivity contribution in [3.8, 4) is 0 Å². The number of benzene rings is 2. The predicted molar refractivity (Wildman–Crippen MR) is 84.6 cm³/mol. The molecule has 0 aliphatic heterocycles. The molecule has 0 amide bonds. The lowest BCUT2D eigenvalue weighted by atomic mass is 10.2. The van der Waals surface area contributed by atoms with E-state index in [0.29, 0.717) is 25.3 Å². The summed E-state index contributed by atoms with van der Waals surface area (Å²) in [6.45, 7) is 0. The predicted octanol–water partition coefficient (Wildman–Crippen LogP) is 5.70. The topological polar surface area (TPSA) is 38.9 Å². The SMILES string of the molecule is Nc1ccc(Sc2nc3cc(C(F)(F)F)ccc3s2)c(Cl)c1. The van der Waals surface area contributed by atoms with Gasteiger partial charge in [0, 0.05) is 10.6 Å². The second kappa shape index (κ2) is 5.64. The molecule has 0 unspecified atom stereocenters. The number of fused-ring (bicyclic) bond motifs is 1. The van der Waals surface area contributed by atoms with Gasteiger partial charge in [0.25, 0.3) is 0 Å². The summed E-state index contributed by atoms with van der Waals surface area (Å²) in [7, 11) is 0. The molecule has 2 N–H and O–H groups in total. The van der Waals surface area contributed by atoms with Crippen molar-refractivity contribution in [3.63, 3.8) is 0 Å². The Balaban J connectivity index is 1.95. The molecule has 0 atom stereocenters. The van der Waals surface area contributed by atoms with Crippen LogP contribution in [-0.4, -0.2) is 4.98 Å². The van der Waals surface area contributed by atoms with E-state index in [1.807, 2.05) is 0 Å². The second-order valence-corrected chi connectivity index (χ2v) is 7.18. The monoisotopic (exact) mass is 360 g/mol. The second-order valence-electron chi connectivity index (χ2n) is 4.45. The Morgan fingerprint density at radius 2 is 1.91 bits per heavy atom. The van der Waals surface area contributed by atoms with Crippen LogP contribution in [0.3, 0.4) is 0 Å². The molecule has 0 aliphatic carbocycles. The molecule has 3 aromatic rings. The van der Waals surface area contributed by atoms with Crippen LogP contribution in [0.2, 0.25) is 5.02 Å². The lowest BCUT2D eigenvalue weighted by molar-refractivity contribution is -0.137. The van der Waals surface area contributed by atoms with Crippen LogP contribution in [0.15, 0.2) is 45.6 Å². The van der Waals surface area contributed by atoms with Crippen LogP contribution in [-0.2, 0) is 6.18 Å². The molecule has 3 rings (SSSR count). The van der Waals surface area contributed by atoms with E-state index in [0.717, 1.165) is 17.0 Å². The van der Waals surface area contributed by atoms with Gasteiger partial charge in [0.15, 0.2) is 4.34 Å². The van der Waals surface area contributed by atoms with Crippen molar-refractivity contribution in [2.24, 2.45) is 0 Å². The van der Waals surface area contributed by atoms with Crippen LogP contribution < -0.4 is 5.73 Å². The molecule has 0 fully saturated rings. The summed E-state index contributed by atoms with van der Waals surface area (Å²) in [5.41, 5.74) is 5.80. The highest BCUT2D eigenvalue weighted by Gasteiger charge is 2.30. The number of thiazole rings is 1. The third-order valence-electron chi connectivity index (χ3n) is 2.85. The average molecular weight is 361 g/mol. The van der Waals surface area contributed by atoms with Crippen LogP contribution in [0.5, 0.6) is 0 Å². The van der Waals surface area contributed by atoms with E-state index in [1.54, 1.807) is 18.2 Å². The van der Waals surface area contributed by atoms with Gasteiger partial charge in [-0.05, 0) is 36.4 Å². The highest BCUT2D eigenvalue weighted by Crippen LogP contribution is 2.39. The molecule has 1 aromatic heterocycles. The highest BCUT2D eigenvalue weighted by atomic mass is 35.5. The van der Waals surface area contributed by atoms with Crippen LogP contribution in [0.1, 0.15) is 5.56 Å². The molecule has 0 radical (unpaired) electrons. The van der Waals surface area contributed by atoms with Gasteiger partial charge in [0.1, 0.15) is 0 Å². The third-order valence-corrected chi connectivity index (χ3v) is 5.45. The van der Waals surface area contributed by atoms with Crippen LogP contribution in [0, 0.1) is 0 Å². The Kier molecular flexibility index (Phi) is 3.96. The molecule has 0 saturated heterocycles. The first-order chi connectivity index (χ1) is 10.3. The van der Waals surface area contributed by atoms with E-state index >= 15 is 0 Å². The van der Waals surface area contributed by atoms with Gasteiger partial charge in [-0.1, -0.05) is 23.4 Å². The zero-order valence-electron chi connectivity index (χ0n) is 10.8. The van der Waals surface area contributed by atoms with E-state index in [-0.39, 0.29) is 0 Å². The molecule has 0 spiro atoms.